The van der Waals surface area contributed by atoms with E-state index >= 15 is 0 Å². The molecular formula is C16H24N2O3. The van der Waals surface area contributed by atoms with Crippen molar-refractivity contribution in [2.45, 2.75) is 40.2 Å². The van der Waals surface area contributed by atoms with Crippen LogP contribution in [-0.4, -0.2) is 35.1 Å². The van der Waals surface area contributed by atoms with E-state index in [1.165, 1.54) is 6.07 Å². The van der Waals surface area contributed by atoms with Gasteiger partial charge in [0.2, 0.25) is 0 Å². The van der Waals surface area contributed by atoms with Gasteiger partial charge in [-0.1, -0.05) is 19.9 Å². The summed E-state index contributed by atoms with van der Waals surface area (Å²) < 4.78 is 0. The van der Waals surface area contributed by atoms with Gasteiger partial charge in [0.1, 0.15) is 0 Å². The Morgan fingerprint density at radius 3 is 2.43 bits per heavy atom. The van der Waals surface area contributed by atoms with Crippen LogP contribution in [0.4, 0.5) is 10.5 Å². The molecule has 0 bridgehead atoms. The molecule has 1 rings (SSSR count). The van der Waals surface area contributed by atoms with Gasteiger partial charge < -0.3 is 15.3 Å². The van der Waals surface area contributed by atoms with Gasteiger partial charge in [-0.2, -0.15) is 0 Å². The van der Waals surface area contributed by atoms with E-state index in [0.717, 1.165) is 6.42 Å². The molecule has 0 fully saturated rings. The number of rotatable bonds is 5. The first-order chi connectivity index (χ1) is 9.72. The average Bonchev–Trinajstić information content (AvgIpc) is 2.38. The van der Waals surface area contributed by atoms with Crippen molar-refractivity contribution in [1.82, 2.24) is 4.90 Å². The molecule has 21 heavy (non-hydrogen) atoms. The van der Waals surface area contributed by atoms with E-state index < -0.39 is 5.97 Å². The van der Waals surface area contributed by atoms with Crippen molar-refractivity contribution in [2.24, 2.45) is 5.92 Å². The van der Waals surface area contributed by atoms with Crippen LogP contribution in [0.1, 0.15) is 43.1 Å². The Labute approximate surface area is 126 Å². The molecule has 0 aliphatic carbocycles. The monoisotopic (exact) mass is 292 g/mol. The molecule has 5 nitrogen and oxygen atoms in total. The summed E-state index contributed by atoms with van der Waals surface area (Å²) in [6, 6.07) is 4.77. The number of hydrogen-bond donors (Lipinski definition) is 2. The highest BCUT2D eigenvalue weighted by molar-refractivity contribution is 5.94. The fraction of sp³-hybridized carbons (Fsp3) is 0.500. The molecule has 0 saturated carbocycles. The number of hydrogen-bond acceptors (Lipinski definition) is 2. The van der Waals surface area contributed by atoms with Crippen LogP contribution in [0.3, 0.4) is 0 Å². The quantitative estimate of drug-likeness (QED) is 0.871. The lowest BCUT2D eigenvalue weighted by molar-refractivity contribution is 0.0696. The van der Waals surface area contributed by atoms with Gasteiger partial charge in [-0.05, 0) is 43.9 Å². The van der Waals surface area contributed by atoms with Gasteiger partial charge in [-0.15, -0.1) is 0 Å². The van der Waals surface area contributed by atoms with Crippen LogP contribution in [0.2, 0.25) is 0 Å². The van der Waals surface area contributed by atoms with Gasteiger partial charge in [0.25, 0.3) is 0 Å². The van der Waals surface area contributed by atoms with Crippen molar-refractivity contribution in [3.8, 4) is 0 Å². The summed E-state index contributed by atoms with van der Waals surface area (Å²) in [4.78, 5) is 24.9. The van der Waals surface area contributed by atoms with E-state index in [1.807, 2.05) is 6.92 Å². The maximum Gasteiger partial charge on any atom is 0.336 e. The molecule has 2 amide bonds. The van der Waals surface area contributed by atoms with Gasteiger partial charge in [0.05, 0.1) is 5.56 Å². The SMILES string of the molecule is Cc1ccc(NC(=O)N(C)C(C)CC(C)C)cc1C(=O)O. The van der Waals surface area contributed by atoms with E-state index in [9.17, 15) is 9.59 Å². The van der Waals surface area contributed by atoms with Crippen LogP contribution in [0.5, 0.6) is 0 Å². The number of carbonyl (C=O) groups is 2. The van der Waals surface area contributed by atoms with E-state index in [2.05, 4.69) is 19.2 Å². The zero-order valence-corrected chi connectivity index (χ0v) is 13.3. The molecule has 0 radical (unpaired) electrons. The molecule has 0 aliphatic heterocycles. The fourth-order valence-electron chi connectivity index (χ4n) is 2.18. The summed E-state index contributed by atoms with van der Waals surface area (Å²) in [6.45, 7) is 7.95. The van der Waals surface area contributed by atoms with Gasteiger partial charge in [-0.3, -0.25) is 0 Å². The predicted octanol–water partition coefficient (Wildman–Crippen LogP) is 3.59. The number of aromatic carboxylic acids is 1. The minimum Gasteiger partial charge on any atom is -0.478 e. The Balaban J connectivity index is 2.79. The van der Waals surface area contributed by atoms with Crippen molar-refractivity contribution < 1.29 is 14.7 Å². The summed E-state index contributed by atoms with van der Waals surface area (Å²) >= 11 is 0. The number of carboxylic acids is 1. The lowest BCUT2D eigenvalue weighted by atomic mass is 10.0. The fourth-order valence-corrected chi connectivity index (χ4v) is 2.18. The van der Waals surface area contributed by atoms with Gasteiger partial charge in [0.15, 0.2) is 0 Å². The Hall–Kier alpha value is -2.04. The van der Waals surface area contributed by atoms with Crippen molar-refractivity contribution in [2.75, 3.05) is 12.4 Å². The van der Waals surface area contributed by atoms with Gasteiger partial charge in [0, 0.05) is 18.8 Å². The average molecular weight is 292 g/mol. The summed E-state index contributed by atoms with van der Waals surface area (Å²) in [6.07, 6.45) is 0.915. The summed E-state index contributed by atoms with van der Waals surface area (Å²) in [5.74, 6) is -0.488. The summed E-state index contributed by atoms with van der Waals surface area (Å²) in [7, 11) is 1.74. The molecule has 0 aromatic heterocycles. The standard InChI is InChI=1S/C16H24N2O3/c1-10(2)8-12(4)18(5)16(21)17-13-7-6-11(3)14(9-13)15(19)20/h6-7,9-10,12H,8H2,1-5H3,(H,17,21)(H,19,20). The largest absolute Gasteiger partial charge is 0.478 e. The maximum atomic E-state index is 12.2. The van der Waals surface area contributed by atoms with E-state index in [4.69, 9.17) is 5.11 Å². The second-order valence-corrected chi connectivity index (χ2v) is 5.85. The third kappa shape index (κ3) is 4.77. The third-order valence-electron chi connectivity index (χ3n) is 3.51. The molecule has 2 N–H and O–H groups in total. The van der Waals surface area contributed by atoms with Gasteiger partial charge >= 0.3 is 12.0 Å². The molecule has 1 atom stereocenters. The first kappa shape index (κ1) is 17.0. The molecule has 1 unspecified atom stereocenters. The minimum atomic E-state index is -0.995. The molecular weight excluding hydrogens is 268 g/mol. The van der Waals surface area contributed by atoms with Crippen molar-refractivity contribution in [1.29, 1.82) is 0 Å². The van der Waals surface area contributed by atoms with Crippen molar-refractivity contribution >= 4 is 17.7 Å². The second-order valence-electron chi connectivity index (χ2n) is 5.85. The second kappa shape index (κ2) is 7.11. The lowest BCUT2D eigenvalue weighted by Gasteiger charge is -2.26. The smallest absolute Gasteiger partial charge is 0.336 e. The number of carboxylic acid groups (broad SMARTS) is 1. The number of aryl methyl sites for hydroxylation is 1. The number of anilines is 1. The zero-order chi connectivity index (χ0) is 16.2. The molecule has 0 heterocycles. The number of nitrogens with one attached hydrogen (secondary N) is 1. The summed E-state index contributed by atoms with van der Waals surface area (Å²) in [5, 5.41) is 11.8. The highest BCUT2D eigenvalue weighted by Gasteiger charge is 2.17. The van der Waals surface area contributed by atoms with E-state index in [-0.39, 0.29) is 17.6 Å². The lowest BCUT2D eigenvalue weighted by Crippen LogP contribution is -2.38. The third-order valence-corrected chi connectivity index (χ3v) is 3.51. The van der Waals surface area contributed by atoms with Crippen LogP contribution in [0, 0.1) is 12.8 Å². The topological polar surface area (TPSA) is 69.6 Å². The minimum absolute atomic E-state index is 0.120. The number of urea groups is 1. The van der Waals surface area contributed by atoms with Crippen molar-refractivity contribution in [3.05, 3.63) is 29.3 Å². The first-order valence-electron chi connectivity index (χ1n) is 7.10. The highest BCUT2D eigenvalue weighted by atomic mass is 16.4. The molecule has 0 aliphatic rings. The van der Waals surface area contributed by atoms with Crippen molar-refractivity contribution in [3.63, 3.8) is 0 Å². The molecule has 1 aromatic carbocycles. The predicted molar refractivity (Wildman–Crippen MR) is 83.8 cm³/mol. The van der Waals surface area contributed by atoms with Crippen LogP contribution in [-0.2, 0) is 0 Å². The molecule has 116 valence electrons. The molecule has 0 spiro atoms. The maximum absolute atomic E-state index is 12.2. The van der Waals surface area contributed by atoms with Gasteiger partial charge in [-0.25, -0.2) is 9.59 Å². The van der Waals surface area contributed by atoms with Crippen LogP contribution < -0.4 is 5.32 Å². The Morgan fingerprint density at radius 1 is 1.29 bits per heavy atom. The molecule has 5 heteroatoms. The number of benzene rings is 1. The molecule has 1 aromatic rings. The Morgan fingerprint density at radius 2 is 1.90 bits per heavy atom. The number of carbonyl (C=O) groups excluding carboxylic acids is 1. The zero-order valence-electron chi connectivity index (χ0n) is 13.3. The number of nitrogens with zero attached hydrogens (tertiary/aromatic N) is 1. The summed E-state index contributed by atoms with van der Waals surface area (Å²) in [5.41, 5.74) is 1.36. The first-order valence-corrected chi connectivity index (χ1v) is 7.10. The Kier molecular flexibility index (Phi) is 5.76. The van der Waals surface area contributed by atoms with Crippen LogP contribution >= 0.6 is 0 Å². The number of amides is 2. The normalized spacial score (nSPS) is 12.1. The van der Waals surface area contributed by atoms with Crippen LogP contribution in [0.15, 0.2) is 18.2 Å². The van der Waals surface area contributed by atoms with E-state index in [0.29, 0.717) is 17.2 Å². The highest BCUT2D eigenvalue weighted by Crippen LogP contribution is 2.17. The molecule has 0 saturated heterocycles. The van der Waals surface area contributed by atoms with Crippen LogP contribution in [0.25, 0.3) is 0 Å². The Bertz CT molecular complexity index is 526. The van der Waals surface area contributed by atoms with E-state index in [1.54, 1.807) is 31.0 Å².